The Bertz CT molecular complexity index is 709. The molecule has 1 N–H and O–H groups in total. The molecule has 1 unspecified atom stereocenters. The molecule has 6 nitrogen and oxygen atoms in total. The fourth-order valence-corrected chi connectivity index (χ4v) is 5.66. The number of β-amino-alcohol motifs (C(OH)–C–C–N with tert-alkyl or cyclic N) is 1. The minimum Gasteiger partial charge on any atom is -0.367 e. The van der Waals surface area contributed by atoms with Crippen LogP contribution in [-0.2, 0) is 14.9 Å². The van der Waals surface area contributed by atoms with E-state index in [4.69, 9.17) is 4.74 Å². The third kappa shape index (κ3) is 4.22. The third-order valence-electron chi connectivity index (χ3n) is 7.48. The van der Waals surface area contributed by atoms with Crippen molar-refractivity contribution in [3.05, 3.63) is 29.8 Å². The maximum Gasteiger partial charge on any atom is 0.223 e. The highest BCUT2D eigenvalue weighted by Gasteiger charge is 2.43. The number of hydrogen-bond acceptors (Lipinski definition) is 5. The molecule has 0 radical (unpaired) electrons. The highest BCUT2D eigenvalue weighted by Crippen LogP contribution is 2.47. The molecule has 1 amide bonds. The molecule has 3 aliphatic heterocycles. The lowest BCUT2D eigenvalue weighted by Crippen LogP contribution is -2.53. The summed E-state index contributed by atoms with van der Waals surface area (Å²) in [6.07, 6.45) is 5.08. The van der Waals surface area contributed by atoms with Crippen LogP contribution in [0, 0.1) is 0 Å². The summed E-state index contributed by atoms with van der Waals surface area (Å²) < 4.78 is 4.99. The second-order valence-electron chi connectivity index (χ2n) is 8.98. The number of piperidine rings is 2. The normalized spacial score (nSPS) is 24.4. The van der Waals surface area contributed by atoms with Crippen molar-refractivity contribution >= 4 is 11.6 Å². The van der Waals surface area contributed by atoms with E-state index in [0.717, 1.165) is 57.7 Å². The maximum atomic E-state index is 12.1. The smallest absolute Gasteiger partial charge is 0.223 e. The van der Waals surface area contributed by atoms with Gasteiger partial charge in [-0.05, 0) is 69.9 Å². The van der Waals surface area contributed by atoms with Gasteiger partial charge in [-0.2, -0.15) is 0 Å². The molecule has 4 rings (SSSR count). The van der Waals surface area contributed by atoms with E-state index < -0.39 is 6.29 Å². The van der Waals surface area contributed by atoms with E-state index >= 15 is 0 Å². The minimum absolute atomic E-state index is 0.148. The Morgan fingerprint density at radius 2 is 1.79 bits per heavy atom. The predicted octanol–water partition coefficient (Wildman–Crippen LogP) is 2.21. The first kappa shape index (κ1) is 20.8. The van der Waals surface area contributed by atoms with Gasteiger partial charge in [-0.25, -0.2) is 0 Å². The van der Waals surface area contributed by atoms with Gasteiger partial charge in [0, 0.05) is 44.3 Å². The van der Waals surface area contributed by atoms with Crippen molar-refractivity contribution in [1.82, 2.24) is 9.80 Å². The number of carbonyl (C=O) groups excluding carboxylic acids is 1. The van der Waals surface area contributed by atoms with E-state index in [0.29, 0.717) is 12.6 Å². The van der Waals surface area contributed by atoms with Crippen LogP contribution in [0.15, 0.2) is 24.3 Å². The van der Waals surface area contributed by atoms with Gasteiger partial charge in [-0.3, -0.25) is 9.69 Å². The molecule has 3 heterocycles. The van der Waals surface area contributed by atoms with Gasteiger partial charge in [0.05, 0.1) is 0 Å². The number of aliphatic hydroxyl groups is 1. The molecule has 0 bridgehead atoms. The Balaban J connectivity index is 1.37. The van der Waals surface area contributed by atoms with Crippen molar-refractivity contribution in [1.29, 1.82) is 0 Å². The number of methoxy groups -OCH3 is 1. The number of benzene rings is 1. The highest BCUT2D eigenvalue weighted by molar-refractivity contribution is 5.93. The molecule has 1 atom stereocenters. The molecule has 29 heavy (non-hydrogen) atoms. The number of nitrogens with zero attached hydrogens (tertiary/aromatic N) is 3. The Labute approximate surface area is 174 Å². The average Bonchev–Trinajstić information content (AvgIpc) is 2.75. The molecular formula is C23H35N3O3. The lowest BCUT2D eigenvalue weighted by atomic mass is 9.67. The van der Waals surface area contributed by atoms with Crippen LogP contribution < -0.4 is 4.90 Å². The van der Waals surface area contributed by atoms with Crippen LogP contribution in [0.3, 0.4) is 0 Å². The average molecular weight is 402 g/mol. The molecule has 3 aliphatic rings. The zero-order chi connectivity index (χ0) is 20.4. The lowest BCUT2D eigenvalue weighted by Gasteiger charge is -2.50. The number of carbonyl (C=O) groups is 1. The van der Waals surface area contributed by atoms with Crippen molar-refractivity contribution in [3.8, 4) is 0 Å². The lowest BCUT2D eigenvalue weighted by molar-refractivity contribution is -0.116. The molecule has 6 heteroatoms. The molecule has 2 saturated heterocycles. The summed E-state index contributed by atoms with van der Waals surface area (Å²) in [7, 11) is 1.56. The second kappa shape index (κ2) is 8.72. The van der Waals surface area contributed by atoms with Crippen molar-refractivity contribution in [2.75, 3.05) is 51.3 Å². The topological polar surface area (TPSA) is 56.3 Å². The molecule has 2 fully saturated rings. The molecule has 0 aliphatic carbocycles. The molecule has 1 aromatic rings. The largest absolute Gasteiger partial charge is 0.367 e. The first-order chi connectivity index (χ1) is 14.0. The van der Waals surface area contributed by atoms with Crippen LogP contribution in [0.4, 0.5) is 5.69 Å². The summed E-state index contributed by atoms with van der Waals surface area (Å²) in [6, 6.07) is 9.20. The number of likely N-dealkylation sites (tertiary alicyclic amines) is 2. The predicted molar refractivity (Wildman–Crippen MR) is 114 cm³/mol. The molecule has 1 spiro atoms. The van der Waals surface area contributed by atoms with Gasteiger partial charge in [-0.1, -0.05) is 18.2 Å². The summed E-state index contributed by atoms with van der Waals surface area (Å²) in [5.41, 5.74) is 2.73. The molecule has 160 valence electrons. The van der Waals surface area contributed by atoms with E-state index in [1.165, 1.54) is 18.4 Å². The van der Waals surface area contributed by atoms with E-state index in [9.17, 15) is 9.90 Å². The number of aliphatic hydroxyl groups excluding tert-OH is 1. The van der Waals surface area contributed by atoms with E-state index in [-0.39, 0.29) is 11.3 Å². The number of anilines is 1. The molecule has 0 saturated carbocycles. The number of rotatable bonds is 4. The first-order valence-corrected chi connectivity index (χ1v) is 11.1. The van der Waals surface area contributed by atoms with Gasteiger partial charge < -0.3 is 19.6 Å². The van der Waals surface area contributed by atoms with E-state index in [1.807, 2.05) is 4.90 Å². The Kier molecular flexibility index (Phi) is 6.25. The van der Waals surface area contributed by atoms with Crippen LogP contribution in [0.2, 0.25) is 0 Å². The monoisotopic (exact) mass is 401 g/mol. The fourth-order valence-electron chi connectivity index (χ4n) is 5.66. The quantitative estimate of drug-likeness (QED) is 0.784. The van der Waals surface area contributed by atoms with Gasteiger partial charge in [0.15, 0.2) is 6.29 Å². The SMILES string of the molecule is COC(O)CN1CCC(N2CCC3(CCN(C(C)=O)c4ccccc43)CC2)CC1. The number of para-hydroxylation sites is 1. The van der Waals surface area contributed by atoms with Gasteiger partial charge in [0.1, 0.15) is 0 Å². The zero-order valence-corrected chi connectivity index (χ0v) is 17.8. The van der Waals surface area contributed by atoms with E-state index in [1.54, 1.807) is 14.0 Å². The van der Waals surface area contributed by atoms with E-state index in [2.05, 4.69) is 34.1 Å². The van der Waals surface area contributed by atoms with Gasteiger partial charge in [-0.15, -0.1) is 0 Å². The Morgan fingerprint density at radius 3 is 2.45 bits per heavy atom. The second-order valence-corrected chi connectivity index (χ2v) is 8.98. The molecule has 0 aromatic heterocycles. The minimum atomic E-state index is -0.678. The summed E-state index contributed by atoms with van der Waals surface area (Å²) in [6.45, 7) is 7.46. The summed E-state index contributed by atoms with van der Waals surface area (Å²) in [5, 5.41) is 9.70. The van der Waals surface area contributed by atoms with Crippen molar-refractivity contribution in [3.63, 3.8) is 0 Å². The highest BCUT2D eigenvalue weighted by atomic mass is 16.6. The molecular weight excluding hydrogens is 366 g/mol. The summed E-state index contributed by atoms with van der Waals surface area (Å²) in [5.74, 6) is 0.148. The van der Waals surface area contributed by atoms with Crippen LogP contribution >= 0.6 is 0 Å². The Hall–Kier alpha value is -1.47. The Morgan fingerprint density at radius 1 is 1.14 bits per heavy atom. The van der Waals surface area contributed by atoms with Crippen LogP contribution in [0.5, 0.6) is 0 Å². The molecule has 1 aromatic carbocycles. The standard InChI is InChI=1S/C23H35N3O3/c1-18(27)26-16-11-23(20-5-3-4-6-21(20)26)9-14-25(15-10-23)19-7-12-24(13-8-19)17-22(28)29-2/h3-6,19,22,28H,7-17H2,1-2H3. The van der Waals surface area contributed by atoms with Crippen LogP contribution in [0.25, 0.3) is 0 Å². The van der Waals surface area contributed by atoms with Gasteiger partial charge in [0.2, 0.25) is 5.91 Å². The van der Waals surface area contributed by atoms with Gasteiger partial charge >= 0.3 is 0 Å². The zero-order valence-electron chi connectivity index (χ0n) is 17.8. The van der Waals surface area contributed by atoms with Crippen LogP contribution in [0.1, 0.15) is 44.6 Å². The maximum absolute atomic E-state index is 12.1. The van der Waals surface area contributed by atoms with Crippen LogP contribution in [-0.4, -0.2) is 79.5 Å². The number of ether oxygens (including phenoxy) is 1. The number of hydrogen-bond donors (Lipinski definition) is 1. The van der Waals surface area contributed by atoms with Crippen molar-refractivity contribution in [2.45, 2.75) is 56.8 Å². The fraction of sp³-hybridized carbons (Fsp3) is 0.696. The number of amides is 1. The summed E-state index contributed by atoms with van der Waals surface area (Å²) >= 11 is 0. The summed E-state index contributed by atoms with van der Waals surface area (Å²) in [4.78, 5) is 19.0. The van der Waals surface area contributed by atoms with Crippen molar-refractivity contribution < 1.29 is 14.6 Å². The van der Waals surface area contributed by atoms with Gasteiger partial charge in [0.25, 0.3) is 0 Å². The third-order valence-corrected chi connectivity index (χ3v) is 7.48. The number of fused-ring (bicyclic) bond motifs is 2. The first-order valence-electron chi connectivity index (χ1n) is 11.1. The van der Waals surface area contributed by atoms with Crippen molar-refractivity contribution in [2.24, 2.45) is 0 Å².